The van der Waals surface area contributed by atoms with Crippen LogP contribution in [0.25, 0.3) is 6.08 Å². The molecule has 0 aromatic heterocycles. The third-order valence-electron chi connectivity index (χ3n) is 5.41. The van der Waals surface area contributed by atoms with E-state index >= 15 is 0 Å². The van der Waals surface area contributed by atoms with Gasteiger partial charge in [0.1, 0.15) is 17.3 Å². The number of hydrogen-bond donors (Lipinski definition) is 0. The predicted molar refractivity (Wildman–Crippen MR) is 159 cm³/mol. The van der Waals surface area contributed by atoms with E-state index in [-0.39, 0.29) is 41.1 Å². The van der Waals surface area contributed by atoms with Gasteiger partial charge in [-0.3, -0.25) is 14.5 Å². The molecule has 0 bridgehead atoms. The number of rotatable bonds is 10. The van der Waals surface area contributed by atoms with E-state index in [1.807, 2.05) is 29.5 Å². The monoisotopic (exact) mass is 699 g/mol. The fraction of sp³-hybridized carbons (Fsp3) is 0.185. The minimum Gasteiger partial charge on any atom is -0.490 e. The second-order valence-corrected chi connectivity index (χ2v) is 12.3. The maximum atomic E-state index is 13.0. The normalized spacial score (nSPS) is 14.7. The molecule has 1 fully saturated rings. The van der Waals surface area contributed by atoms with Crippen LogP contribution in [0, 0.1) is 10.5 Å². The fourth-order valence-corrected chi connectivity index (χ4v) is 6.43. The van der Waals surface area contributed by atoms with E-state index in [0.29, 0.717) is 19.9 Å². The molecule has 39 heavy (non-hydrogen) atoms. The van der Waals surface area contributed by atoms with E-state index in [1.54, 1.807) is 61.5 Å². The van der Waals surface area contributed by atoms with Gasteiger partial charge in [-0.2, -0.15) is 8.42 Å². The summed E-state index contributed by atoms with van der Waals surface area (Å²) < 4.78 is 43.0. The van der Waals surface area contributed by atoms with Crippen LogP contribution in [0.1, 0.15) is 18.1 Å². The van der Waals surface area contributed by atoms with Gasteiger partial charge in [0.25, 0.3) is 11.1 Å². The van der Waals surface area contributed by atoms with E-state index < -0.39 is 21.3 Å². The van der Waals surface area contributed by atoms with Crippen molar-refractivity contribution < 1.29 is 31.7 Å². The van der Waals surface area contributed by atoms with E-state index in [4.69, 9.17) is 25.3 Å². The first-order valence-electron chi connectivity index (χ1n) is 11.7. The SMILES string of the molecule is CCOc1cc(/C=C2\SC(=O)N(CCOc3ccccc3Cl)C2=O)cc(I)c1OS(=O)(=O)c1ccc(C)cc1. The Balaban J connectivity index is 1.53. The Morgan fingerprint density at radius 1 is 1.03 bits per heavy atom. The van der Waals surface area contributed by atoms with Gasteiger partial charge in [-0.15, -0.1) is 0 Å². The summed E-state index contributed by atoms with van der Waals surface area (Å²) in [6.45, 7) is 4.01. The number of halogens is 2. The zero-order chi connectivity index (χ0) is 28.2. The smallest absolute Gasteiger partial charge is 0.339 e. The zero-order valence-electron chi connectivity index (χ0n) is 20.8. The molecule has 3 aromatic rings. The number of hydrogen-bond acceptors (Lipinski definition) is 8. The molecule has 1 heterocycles. The lowest BCUT2D eigenvalue weighted by atomic mass is 10.2. The van der Waals surface area contributed by atoms with Crippen molar-refractivity contribution in [3.63, 3.8) is 0 Å². The van der Waals surface area contributed by atoms with Gasteiger partial charge >= 0.3 is 10.1 Å². The number of ether oxygens (including phenoxy) is 2. The number of amides is 2. The fourth-order valence-electron chi connectivity index (χ4n) is 3.53. The van der Waals surface area contributed by atoms with Crippen LogP contribution < -0.4 is 13.7 Å². The molecule has 4 rings (SSSR count). The molecule has 0 N–H and O–H groups in total. The molecule has 12 heteroatoms. The summed E-state index contributed by atoms with van der Waals surface area (Å²) in [7, 11) is -4.11. The molecule has 204 valence electrons. The second kappa shape index (κ2) is 12.6. The number of para-hydroxylation sites is 1. The summed E-state index contributed by atoms with van der Waals surface area (Å²) in [5.74, 6) is 0.244. The second-order valence-electron chi connectivity index (χ2n) is 8.23. The highest BCUT2D eigenvalue weighted by Gasteiger charge is 2.35. The number of imide groups is 1. The predicted octanol–water partition coefficient (Wildman–Crippen LogP) is 6.53. The molecule has 0 saturated carbocycles. The maximum Gasteiger partial charge on any atom is 0.339 e. The zero-order valence-corrected chi connectivity index (χ0v) is 25.4. The molecular weight excluding hydrogens is 677 g/mol. The molecule has 2 amide bonds. The summed E-state index contributed by atoms with van der Waals surface area (Å²) in [6.07, 6.45) is 1.56. The number of carbonyl (C=O) groups is 2. The molecule has 1 saturated heterocycles. The standard InChI is InChI=1S/C27H23ClINO7S2/c1-3-35-23-15-18(14-21(29)25(23)37-39(33,34)19-10-8-17(2)9-11-19)16-24-26(31)30(27(32)38-24)12-13-36-22-7-5-4-6-20(22)28/h4-11,14-16H,3,12-13H2,1-2H3/b24-16-. The molecule has 3 aromatic carbocycles. The van der Waals surface area contributed by atoms with Crippen LogP contribution >= 0.6 is 46.0 Å². The van der Waals surface area contributed by atoms with Crippen molar-refractivity contribution in [2.75, 3.05) is 19.8 Å². The number of thioether (sulfide) groups is 1. The Kier molecular flexibility index (Phi) is 9.47. The van der Waals surface area contributed by atoms with Crippen molar-refractivity contribution >= 4 is 73.3 Å². The number of carbonyl (C=O) groups excluding carboxylic acids is 2. The lowest BCUT2D eigenvalue weighted by Gasteiger charge is -2.15. The van der Waals surface area contributed by atoms with Gasteiger partial charge in [0.2, 0.25) is 0 Å². The molecule has 0 radical (unpaired) electrons. The molecule has 0 atom stereocenters. The van der Waals surface area contributed by atoms with Crippen molar-refractivity contribution in [3.05, 3.63) is 85.3 Å². The lowest BCUT2D eigenvalue weighted by molar-refractivity contribution is -0.123. The Morgan fingerprint density at radius 2 is 1.74 bits per heavy atom. The Bertz CT molecular complexity index is 1540. The third-order valence-corrected chi connectivity index (χ3v) is 8.67. The summed E-state index contributed by atoms with van der Waals surface area (Å²) in [4.78, 5) is 26.8. The quantitative estimate of drug-likeness (QED) is 0.134. The van der Waals surface area contributed by atoms with Crippen LogP contribution in [0.5, 0.6) is 17.2 Å². The summed E-state index contributed by atoms with van der Waals surface area (Å²) in [5, 5.41) is 0.0169. The number of benzene rings is 3. The minimum atomic E-state index is -4.11. The van der Waals surface area contributed by atoms with Crippen LogP contribution in [0.4, 0.5) is 4.79 Å². The minimum absolute atomic E-state index is 0.0163. The van der Waals surface area contributed by atoms with Crippen molar-refractivity contribution in [1.82, 2.24) is 4.90 Å². The average molecular weight is 700 g/mol. The van der Waals surface area contributed by atoms with Crippen molar-refractivity contribution in [2.45, 2.75) is 18.7 Å². The summed E-state index contributed by atoms with van der Waals surface area (Å²) >= 11 is 8.84. The molecule has 0 aliphatic carbocycles. The van der Waals surface area contributed by atoms with Gasteiger partial charge in [0.05, 0.1) is 26.6 Å². The van der Waals surface area contributed by atoms with E-state index in [1.165, 1.54) is 12.1 Å². The average Bonchev–Trinajstić information content (AvgIpc) is 3.15. The highest BCUT2D eigenvalue weighted by atomic mass is 127. The van der Waals surface area contributed by atoms with E-state index in [0.717, 1.165) is 22.2 Å². The highest BCUT2D eigenvalue weighted by molar-refractivity contribution is 14.1. The van der Waals surface area contributed by atoms with Gasteiger partial charge in [-0.05, 0) is 96.2 Å². The van der Waals surface area contributed by atoms with Crippen LogP contribution in [-0.2, 0) is 14.9 Å². The van der Waals surface area contributed by atoms with Gasteiger partial charge in [-0.25, -0.2) is 0 Å². The van der Waals surface area contributed by atoms with Gasteiger partial charge in [0.15, 0.2) is 11.5 Å². The third kappa shape index (κ3) is 7.07. The Morgan fingerprint density at radius 3 is 2.44 bits per heavy atom. The van der Waals surface area contributed by atoms with Crippen LogP contribution in [0.3, 0.4) is 0 Å². The summed E-state index contributed by atoms with van der Waals surface area (Å²) in [6, 6.07) is 16.5. The Hall–Kier alpha value is -2.74. The largest absolute Gasteiger partial charge is 0.490 e. The van der Waals surface area contributed by atoms with E-state index in [2.05, 4.69) is 0 Å². The van der Waals surface area contributed by atoms with Gasteiger partial charge in [0, 0.05) is 0 Å². The number of nitrogens with zero attached hydrogens (tertiary/aromatic N) is 1. The van der Waals surface area contributed by atoms with Crippen LogP contribution in [0.15, 0.2) is 70.5 Å². The maximum absolute atomic E-state index is 13.0. The first-order chi connectivity index (χ1) is 18.6. The van der Waals surface area contributed by atoms with Crippen LogP contribution in [-0.4, -0.2) is 44.2 Å². The lowest BCUT2D eigenvalue weighted by Crippen LogP contribution is -2.32. The molecule has 1 aliphatic rings. The first-order valence-corrected chi connectivity index (χ1v) is 15.4. The van der Waals surface area contributed by atoms with Gasteiger partial charge < -0.3 is 13.7 Å². The molecule has 1 aliphatic heterocycles. The molecular formula is C27H23ClINO7S2. The van der Waals surface area contributed by atoms with E-state index in [9.17, 15) is 18.0 Å². The topological polar surface area (TPSA) is 99.2 Å². The Labute approximate surface area is 249 Å². The van der Waals surface area contributed by atoms with Crippen molar-refractivity contribution in [3.8, 4) is 17.2 Å². The van der Waals surface area contributed by atoms with Crippen molar-refractivity contribution in [2.24, 2.45) is 0 Å². The molecule has 0 unspecified atom stereocenters. The number of aryl methyl sites for hydroxylation is 1. The molecule has 0 spiro atoms. The summed E-state index contributed by atoms with van der Waals surface area (Å²) in [5.41, 5.74) is 1.46. The molecule has 8 nitrogen and oxygen atoms in total. The first kappa shape index (κ1) is 29.2. The van der Waals surface area contributed by atoms with Crippen molar-refractivity contribution in [1.29, 1.82) is 0 Å². The van der Waals surface area contributed by atoms with Crippen LogP contribution in [0.2, 0.25) is 5.02 Å². The highest BCUT2D eigenvalue weighted by Crippen LogP contribution is 2.39. The van der Waals surface area contributed by atoms with Gasteiger partial charge in [-0.1, -0.05) is 41.4 Å².